The standard InChI is InChI=1S/C21H29N3/c1-4-24(5-2)21-14-12-19(13-15-21)7-6-18-8-10-20(11-9-18)16-17(3)23-22/h8-15,23H,3-7,16,22H2,1-2H3. The van der Waals surface area contributed by atoms with E-state index in [2.05, 4.69) is 79.3 Å². The number of nitrogens with zero attached hydrogens (tertiary/aromatic N) is 1. The van der Waals surface area contributed by atoms with Crippen molar-refractivity contribution in [3.8, 4) is 0 Å². The summed E-state index contributed by atoms with van der Waals surface area (Å²) in [6, 6.07) is 17.7. The molecule has 128 valence electrons. The Kier molecular flexibility index (Phi) is 6.89. The molecule has 0 aromatic heterocycles. The Morgan fingerprint density at radius 1 is 0.875 bits per heavy atom. The molecule has 2 aromatic rings. The van der Waals surface area contributed by atoms with E-state index in [1.54, 1.807) is 0 Å². The van der Waals surface area contributed by atoms with Crippen LogP contribution in [-0.2, 0) is 19.3 Å². The molecule has 0 unspecified atom stereocenters. The van der Waals surface area contributed by atoms with Crippen molar-refractivity contribution in [2.24, 2.45) is 5.84 Å². The predicted octanol–water partition coefficient (Wildman–Crippen LogP) is 3.84. The molecule has 2 aromatic carbocycles. The van der Waals surface area contributed by atoms with Gasteiger partial charge in [-0.05, 0) is 55.5 Å². The SMILES string of the molecule is C=C(Cc1ccc(CCc2ccc(N(CC)CC)cc2)cc1)NN. The van der Waals surface area contributed by atoms with Crippen molar-refractivity contribution in [3.05, 3.63) is 77.5 Å². The van der Waals surface area contributed by atoms with E-state index in [0.29, 0.717) is 0 Å². The first-order chi connectivity index (χ1) is 11.7. The smallest absolute Gasteiger partial charge is 0.0366 e. The predicted molar refractivity (Wildman–Crippen MR) is 104 cm³/mol. The summed E-state index contributed by atoms with van der Waals surface area (Å²) in [6.07, 6.45) is 2.89. The van der Waals surface area contributed by atoms with Gasteiger partial charge < -0.3 is 10.3 Å². The fourth-order valence-corrected chi connectivity index (χ4v) is 2.87. The molecule has 0 aliphatic heterocycles. The Labute approximate surface area is 146 Å². The second kappa shape index (κ2) is 9.14. The van der Waals surface area contributed by atoms with E-state index < -0.39 is 0 Å². The van der Waals surface area contributed by atoms with E-state index in [1.807, 2.05) is 0 Å². The van der Waals surface area contributed by atoms with Gasteiger partial charge >= 0.3 is 0 Å². The lowest BCUT2D eigenvalue weighted by molar-refractivity contribution is 0.846. The molecule has 0 aliphatic rings. The Hall–Kier alpha value is -2.26. The zero-order valence-electron chi connectivity index (χ0n) is 14.9. The van der Waals surface area contributed by atoms with Crippen LogP contribution in [0.2, 0.25) is 0 Å². The van der Waals surface area contributed by atoms with Gasteiger partial charge in [-0.1, -0.05) is 43.0 Å². The quantitative estimate of drug-likeness (QED) is 0.544. The first-order valence-electron chi connectivity index (χ1n) is 8.72. The normalized spacial score (nSPS) is 10.5. The Bertz CT molecular complexity index is 625. The van der Waals surface area contributed by atoms with Crippen LogP contribution >= 0.6 is 0 Å². The zero-order chi connectivity index (χ0) is 17.4. The number of hydrazine groups is 1. The van der Waals surface area contributed by atoms with Gasteiger partial charge in [0.1, 0.15) is 0 Å². The average Bonchev–Trinajstić information content (AvgIpc) is 2.63. The third-order valence-corrected chi connectivity index (χ3v) is 4.41. The third kappa shape index (κ3) is 5.14. The number of nitrogens with one attached hydrogen (secondary N) is 1. The first-order valence-corrected chi connectivity index (χ1v) is 8.72. The number of hydrogen-bond acceptors (Lipinski definition) is 3. The molecule has 0 heterocycles. The molecule has 0 fully saturated rings. The second-order valence-electron chi connectivity index (χ2n) is 6.08. The van der Waals surface area contributed by atoms with E-state index in [9.17, 15) is 0 Å². The third-order valence-electron chi connectivity index (χ3n) is 4.41. The van der Waals surface area contributed by atoms with Crippen LogP contribution in [0.4, 0.5) is 5.69 Å². The van der Waals surface area contributed by atoms with Crippen molar-refractivity contribution in [1.29, 1.82) is 0 Å². The molecule has 0 radical (unpaired) electrons. The molecule has 0 aliphatic carbocycles. The van der Waals surface area contributed by atoms with Crippen molar-refractivity contribution in [2.75, 3.05) is 18.0 Å². The van der Waals surface area contributed by atoms with Gasteiger partial charge in [0.2, 0.25) is 0 Å². The van der Waals surface area contributed by atoms with Crippen LogP contribution in [0.25, 0.3) is 0 Å². The summed E-state index contributed by atoms with van der Waals surface area (Å²) in [4.78, 5) is 2.37. The summed E-state index contributed by atoms with van der Waals surface area (Å²) in [6.45, 7) is 10.3. The first kappa shape index (κ1) is 18.1. The van der Waals surface area contributed by atoms with Gasteiger partial charge in [0, 0.05) is 30.9 Å². The topological polar surface area (TPSA) is 41.3 Å². The van der Waals surface area contributed by atoms with Crippen LogP contribution in [0.3, 0.4) is 0 Å². The number of benzene rings is 2. The van der Waals surface area contributed by atoms with Crippen molar-refractivity contribution >= 4 is 5.69 Å². The summed E-state index contributed by atoms with van der Waals surface area (Å²) >= 11 is 0. The minimum Gasteiger partial charge on any atom is -0.372 e. The van der Waals surface area contributed by atoms with Gasteiger partial charge in [0.25, 0.3) is 0 Å². The van der Waals surface area contributed by atoms with Crippen LogP contribution in [0.1, 0.15) is 30.5 Å². The Balaban J connectivity index is 1.90. The van der Waals surface area contributed by atoms with Gasteiger partial charge in [0.15, 0.2) is 0 Å². The minimum atomic E-state index is 0.767. The second-order valence-corrected chi connectivity index (χ2v) is 6.08. The molecule has 0 saturated heterocycles. The van der Waals surface area contributed by atoms with Crippen LogP contribution in [-0.4, -0.2) is 13.1 Å². The van der Waals surface area contributed by atoms with E-state index in [4.69, 9.17) is 5.84 Å². The van der Waals surface area contributed by atoms with Crippen molar-refractivity contribution in [1.82, 2.24) is 5.43 Å². The molecule has 0 bridgehead atoms. The van der Waals surface area contributed by atoms with Crippen molar-refractivity contribution in [3.63, 3.8) is 0 Å². The van der Waals surface area contributed by atoms with Crippen LogP contribution in [0.15, 0.2) is 60.8 Å². The fraction of sp³-hybridized carbons (Fsp3) is 0.333. The van der Waals surface area contributed by atoms with E-state index in [0.717, 1.165) is 38.0 Å². The number of aryl methyl sites for hydroxylation is 2. The van der Waals surface area contributed by atoms with E-state index in [1.165, 1.54) is 22.4 Å². The van der Waals surface area contributed by atoms with Crippen LogP contribution in [0, 0.1) is 0 Å². The molecule has 3 nitrogen and oxygen atoms in total. The average molecular weight is 323 g/mol. The maximum Gasteiger partial charge on any atom is 0.0366 e. The minimum absolute atomic E-state index is 0.767. The molecule has 0 amide bonds. The molecule has 0 saturated carbocycles. The maximum atomic E-state index is 5.36. The molecule has 2 rings (SSSR count). The van der Waals surface area contributed by atoms with E-state index >= 15 is 0 Å². The lowest BCUT2D eigenvalue weighted by atomic mass is 10.0. The Morgan fingerprint density at radius 3 is 1.79 bits per heavy atom. The monoisotopic (exact) mass is 323 g/mol. The highest BCUT2D eigenvalue weighted by Gasteiger charge is 2.02. The largest absolute Gasteiger partial charge is 0.372 e. The molecule has 24 heavy (non-hydrogen) atoms. The number of nitrogens with two attached hydrogens (primary N) is 1. The van der Waals surface area contributed by atoms with Gasteiger partial charge in [-0.15, -0.1) is 0 Å². The molecule has 3 heteroatoms. The van der Waals surface area contributed by atoms with Crippen molar-refractivity contribution in [2.45, 2.75) is 33.1 Å². The fourth-order valence-electron chi connectivity index (χ4n) is 2.87. The number of rotatable bonds is 9. The molecular weight excluding hydrogens is 294 g/mol. The summed E-state index contributed by atoms with van der Waals surface area (Å²) in [5, 5.41) is 0. The Morgan fingerprint density at radius 2 is 1.33 bits per heavy atom. The van der Waals surface area contributed by atoms with Gasteiger partial charge in [0.05, 0.1) is 0 Å². The van der Waals surface area contributed by atoms with Gasteiger partial charge in [-0.3, -0.25) is 5.84 Å². The van der Waals surface area contributed by atoms with Crippen molar-refractivity contribution < 1.29 is 0 Å². The van der Waals surface area contributed by atoms with Crippen LogP contribution < -0.4 is 16.2 Å². The van der Waals surface area contributed by atoms with Crippen LogP contribution in [0.5, 0.6) is 0 Å². The summed E-state index contributed by atoms with van der Waals surface area (Å²) in [7, 11) is 0. The summed E-state index contributed by atoms with van der Waals surface area (Å²) < 4.78 is 0. The lowest BCUT2D eigenvalue weighted by Gasteiger charge is -2.21. The maximum absolute atomic E-state index is 5.36. The highest BCUT2D eigenvalue weighted by molar-refractivity contribution is 5.47. The number of allylic oxidation sites excluding steroid dienone is 1. The molecule has 0 spiro atoms. The van der Waals surface area contributed by atoms with Gasteiger partial charge in [-0.25, -0.2) is 0 Å². The molecule has 3 N–H and O–H groups in total. The highest BCUT2D eigenvalue weighted by Crippen LogP contribution is 2.16. The number of anilines is 1. The zero-order valence-corrected chi connectivity index (χ0v) is 14.9. The summed E-state index contributed by atoms with van der Waals surface area (Å²) in [5.74, 6) is 5.36. The summed E-state index contributed by atoms with van der Waals surface area (Å²) in [5.41, 5.74) is 8.71. The van der Waals surface area contributed by atoms with Gasteiger partial charge in [-0.2, -0.15) is 0 Å². The number of hydrogen-bond donors (Lipinski definition) is 2. The molecular formula is C21H29N3. The highest BCUT2D eigenvalue weighted by atomic mass is 15.2. The molecule has 0 atom stereocenters. The lowest BCUT2D eigenvalue weighted by Crippen LogP contribution is -2.21. The van der Waals surface area contributed by atoms with E-state index in [-0.39, 0.29) is 0 Å².